The number of amides is 1. The molecule has 0 aliphatic rings. The van der Waals surface area contributed by atoms with Gasteiger partial charge in [-0.05, 0) is 5.56 Å². The third kappa shape index (κ3) is 4.10. The van der Waals surface area contributed by atoms with E-state index in [2.05, 4.69) is 27.4 Å². The number of rotatable bonds is 7. The molecule has 1 amide bonds. The molecule has 0 radical (unpaired) electrons. The second kappa shape index (κ2) is 7.71. The number of carbonyl (C=O) groups excluding carboxylic acids is 1. The first kappa shape index (κ1) is 16.8. The van der Waals surface area contributed by atoms with Gasteiger partial charge in [-0.15, -0.1) is 5.10 Å². The molecule has 2 N–H and O–H groups in total. The molecule has 0 saturated heterocycles. The van der Waals surface area contributed by atoms with Gasteiger partial charge in [0.05, 0.1) is 19.3 Å². The van der Waals surface area contributed by atoms with Gasteiger partial charge in [0.15, 0.2) is 5.69 Å². The Hall–Kier alpha value is -3.00. The maximum Gasteiger partial charge on any atom is 0.276 e. The van der Waals surface area contributed by atoms with Crippen LogP contribution >= 0.6 is 0 Å². The molecular formula is C17H21N7O. The zero-order chi connectivity index (χ0) is 17.6. The number of benzene rings is 1. The lowest BCUT2D eigenvalue weighted by molar-refractivity contribution is 0.0774. The monoisotopic (exact) mass is 339 g/mol. The molecule has 0 unspecified atom stereocenters. The Labute approximate surface area is 145 Å². The summed E-state index contributed by atoms with van der Waals surface area (Å²) >= 11 is 0. The Bertz CT molecular complexity index is 824. The van der Waals surface area contributed by atoms with E-state index in [9.17, 15) is 4.79 Å². The van der Waals surface area contributed by atoms with Crippen LogP contribution in [-0.4, -0.2) is 48.9 Å². The average Bonchev–Trinajstić information content (AvgIpc) is 3.25. The Morgan fingerprint density at radius 1 is 1.28 bits per heavy atom. The van der Waals surface area contributed by atoms with Crippen LogP contribution in [0.4, 0.5) is 0 Å². The van der Waals surface area contributed by atoms with Gasteiger partial charge < -0.3 is 15.2 Å². The second-order valence-corrected chi connectivity index (χ2v) is 5.77. The van der Waals surface area contributed by atoms with Gasteiger partial charge in [0.2, 0.25) is 0 Å². The molecule has 0 spiro atoms. The van der Waals surface area contributed by atoms with Crippen molar-refractivity contribution in [3.05, 3.63) is 66.0 Å². The van der Waals surface area contributed by atoms with Crippen molar-refractivity contribution in [1.82, 2.24) is 29.4 Å². The molecule has 130 valence electrons. The molecule has 0 atom stereocenters. The fourth-order valence-electron chi connectivity index (χ4n) is 2.53. The molecular weight excluding hydrogens is 318 g/mol. The van der Waals surface area contributed by atoms with Crippen LogP contribution in [0.5, 0.6) is 0 Å². The maximum absolute atomic E-state index is 12.5. The van der Waals surface area contributed by atoms with E-state index >= 15 is 0 Å². The molecule has 3 rings (SSSR count). The van der Waals surface area contributed by atoms with Crippen LogP contribution in [0.25, 0.3) is 0 Å². The number of imidazole rings is 1. The third-order valence-electron chi connectivity index (χ3n) is 3.84. The molecule has 1 aromatic carbocycles. The molecule has 0 bridgehead atoms. The molecule has 8 nitrogen and oxygen atoms in total. The third-order valence-corrected chi connectivity index (χ3v) is 3.84. The number of nitrogens with two attached hydrogens (primary N) is 1. The first-order chi connectivity index (χ1) is 12.2. The lowest BCUT2D eigenvalue weighted by Crippen LogP contribution is -2.28. The van der Waals surface area contributed by atoms with Crippen LogP contribution in [-0.2, 0) is 19.6 Å². The molecule has 2 heterocycles. The fraction of sp³-hybridized carbons (Fsp3) is 0.294. The highest BCUT2D eigenvalue weighted by Crippen LogP contribution is 2.09. The van der Waals surface area contributed by atoms with Crippen LogP contribution in [0.1, 0.15) is 21.9 Å². The molecule has 0 saturated carbocycles. The fourth-order valence-corrected chi connectivity index (χ4v) is 2.53. The first-order valence-electron chi connectivity index (χ1n) is 8.07. The van der Waals surface area contributed by atoms with Gasteiger partial charge in [-0.3, -0.25) is 9.48 Å². The van der Waals surface area contributed by atoms with Crippen molar-refractivity contribution in [2.45, 2.75) is 19.6 Å². The minimum absolute atomic E-state index is 0.197. The van der Waals surface area contributed by atoms with Crippen molar-refractivity contribution in [1.29, 1.82) is 0 Å². The van der Waals surface area contributed by atoms with Crippen LogP contribution in [0.15, 0.2) is 48.9 Å². The number of carbonyl (C=O) groups is 1. The van der Waals surface area contributed by atoms with Crippen molar-refractivity contribution in [3.63, 3.8) is 0 Å². The molecule has 0 fully saturated rings. The molecule has 2 aromatic heterocycles. The van der Waals surface area contributed by atoms with Crippen molar-refractivity contribution in [2.75, 3.05) is 13.6 Å². The molecule has 0 aliphatic heterocycles. The van der Waals surface area contributed by atoms with Gasteiger partial charge in [-0.25, -0.2) is 4.98 Å². The molecule has 3 aromatic rings. The van der Waals surface area contributed by atoms with Crippen LogP contribution < -0.4 is 5.73 Å². The van der Waals surface area contributed by atoms with E-state index < -0.39 is 0 Å². The molecule has 8 heteroatoms. The van der Waals surface area contributed by atoms with E-state index in [0.717, 1.165) is 5.82 Å². The standard InChI is InChI=1S/C17H21N7O/c1-22(17(25)15-12-24(9-7-18)21-20-15)13-16-19-8-10-23(16)11-14-5-3-2-4-6-14/h2-6,8,10,12H,7,9,11,13,18H2,1H3. The zero-order valence-electron chi connectivity index (χ0n) is 14.1. The number of hydrogen-bond acceptors (Lipinski definition) is 5. The Kier molecular flexibility index (Phi) is 5.20. The summed E-state index contributed by atoms with van der Waals surface area (Å²) in [4.78, 5) is 18.5. The van der Waals surface area contributed by atoms with E-state index in [1.165, 1.54) is 5.56 Å². The number of aromatic nitrogens is 5. The van der Waals surface area contributed by atoms with Crippen molar-refractivity contribution in [3.8, 4) is 0 Å². The van der Waals surface area contributed by atoms with Gasteiger partial charge in [-0.1, -0.05) is 35.5 Å². The topological polar surface area (TPSA) is 94.9 Å². The Morgan fingerprint density at radius 3 is 2.84 bits per heavy atom. The largest absolute Gasteiger partial charge is 0.333 e. The minimum atomic E-state index is -0.197. The van der Waals surface area contributed by atoms with E-state index in [-0.39, 0.29) is 5.91 Å². The summed E-state index contributed by atoms with van der Waals surface area (Å²) in [6.45, 7) is 2.09. The average molecular weight is 339 g/mol. The normalized spacial score (nSPS) is 10.8. The number of nitrogens with zero attached hydrogens (tertiary/aromatic N) is 6. The number of hydrogen-bond donors (Lipinski definition) is 1. The van der Waals surface area contributed by atoms with Crippen LogP contribution in [0.2, 0.25) is 0 Å². The van der Waals surface area contributed by atoms with Gasteiger partial charge >= 0.3 is 0 Å². The van der Waals surface area contributed by atoms with Crippen molar-refractivity contribution in [2.24, 2.45) is 5.73 Å². The Morgan fingerprint density at radius 2 is 2.08 bits per heavy atom. The summed E-state index contributed by atoms with van der Waals surface area (Å²) in [5.41, 5.74) is 6.96. The quantitative estimate of drug-likeness (QED) is 0.685. The van der Waals surface area contributed by atoms with Crippen LogP contribution in [0, 0.1) is 0 Å². The Balaban J connectivity index is 1.67. The van der Waals surface area contributed by atoms with E-state index in [1.807, 2.05) is 29.0 Å². The van der Waals surface area contributed by atoms with Gasteiger partial charge in [0, 0.05) is 32.5 Å². The SMILES string of the molecule is CN(Cc1nccn1Cc1ccccc1)C(=O)c1cn(CCN)nn1. The maximum atomic E-state index is 12.5. The summed E-state index contributed by atoms with van der Waals surface area (Å²) in [6.07, 6.45) is 5.27. The first-order valence-corrected chi connectivity index (χ1v) is 8.07. The highest BCUT2D eigenvalue weighted by atomic mass is 16.2. The highest BCUT2D eigenvalue weighted by molar-refractivity contribution is 5.91. The van der Waals surface area contributed by atoms with E-state index in [1.54, 1.807) is 29.0 Å². The zero-order valence-corrected chi connectivity index (χ0v) is 14.1. The summed E-state index contributed by atoms with van der Waals surface area (Å²) in [6, 6.07) is 10.1. The van der Waals surface area contributed by atoms with Crippen molar-refractivity contribution < 1.29 is 4.79 Å². The predicted molar refractivity (Wildman–Crippen MR) is 92.6 cm³/mol. The summed E-state index contributed by atoms with van der Waals surface area (Å²) in [7, 11) is 1.73. The molecule has 0 aliphatic carbocycles. The smallest absolute Gasteiger partial charge is 0.276 e. The van der Waals surface area contributed by atoms with Gasteiger partial charge in [-0.2, -0.15) is 0 Å². The summed E-state index contributed by atoms with van der Waals surface area (Å²) < 4.78 is 3.60. The lowest BCUT2D eigenvalue weighted by atomic mass is 10.2. The van der Waals surface area contributed by atoms with Crippen molar-refractivity contribution >= 4 is 5.91 Å². The van der Waals surface area contributed by atoms with E-state index in [4.69, 9.17) is 5.73 Å². The molecule has 25 heavy (non-hydrogen) atoms. The van der Waals surface area contributed by atoms with Gasteiger partial charge in [0.1, 0.15) is 5.82 Å². The lowest BCUT2D eigenvalue weighted by Gasteiger charge is -2.16. The van der Waals surface area contributed by atoms with E-state index in [0.29, 0.717) is 31.9 Å². The second-order valence-electron chi connectivity index (χ2n) is 5.77. The van der Waals surface area contributed by atoms with Crippen LogP contribution in [0.3, 0.4) is 0 Å². The van der Waals surface area contributed by atoms with Gasteiger partial charge in [0.25, 0.3) is 5.91 Å². The predicted octanol–water partition coefficient (Wildman–Crippen LogP) is 0.754. The highest BCUT2D eigenvalue weighted by Gasteiger charge is 2.17. The summed E-state index contributed by atoms with van der Waals surface area (Å²) in [5, 5.41) is 7.81. The minimum Gasteiger partial charge on any atom is -0.333 e. The summed E-state index contributed by atoms with van der Waals surface area (Å²) in [5.74, 6) is 0.617.